The van der Waals surface area contributed by atoms with E-state index in [9.17, 15) is 4.39 Å². The molecule has 92 valence electrons. The van der Waals surface area contributed by atoms with Crippen LogP contribution in [0, 0.1) is 5.82 Å². The Labute approximate surface area is 110 Å². The van der Waals surface area contributed by atoms with E-state index in [1.807, 2.05) is 0 Å². The largest absolute Gasteiger partial charge is 0.398 e. The van der Waals surface area contributed by atoms with Gasteiger partial charge in [0, 0.05) is 15.5 Å². The maximum atomic E-state index is 13.2. The number of nitrogen functional groups attached to an aromatic ring is 1. The van der Waals surface area contributed by atoms with Crippen LogP contribution in [0.15, 0.2) is 46.2 Å². The van der Waals surface area contributed by atoms with Crippen molar-refractivity contribution in [3.8, 4) is 0 Å². The minimum atomic E-state index is -0.243. The number of fused-ring (bicyclic) bond motifs is 1. The zero-order valence-corrected chi connectivity index (χ0v) is 10.8. The Morgan fingerprint density at radius 2 is 1.83 bits per heavy atom. The summed E-state index contributed by atoms with van der Waals surface area (Å²) >= 11 is 1.53. The fourth-order valence-electron chi connectivity index (χ4n) is 2.34. The molecule has 1 nitrogen and oxygen atoms in total. The van der Waals surface area contributed by atoms with Gasteiger partial charge in [0.1, 0.15) is 5.82 Å². The van der Waals surface area contributed by atoms with Gasteiger partial charge < -0.3 is 5.73 Å². The molecule has 0 fully saturated rings. The summed E-state index contributed by atoms with van der Waals surface area (Å²) in [5.74, 6) is -0.243. The second-order valence-corrected chi connectivity index (χ2v) is 5.68. The summed E-state index contributed by atoms with van der Waals surface area (Å²) in [5, 5.41) is 0. The van der Waals surface area contributed by atoms with Crippen LogP contribution in [-0.2, 0) is 12.8 Å². The van der Waals surface area contributed by atoms with Gasteiger partial charge >= 0.3 is 0 Å². The third kappa shape index (κ3) is 2.23. The van der Waals surface area contributed by atoms with Crippen LogP contribution in [-0.4, -0.2) is 0 Å². The molecule has 0 atom stereocenters. The lowest BCUT2D eigenvalue weighted by Crippen LogP contribution is -1.90. The van der Waals surface area contributed by atoms with E-state index in [1.54, 1.807) is 6.07 Å². The van der Waals surface area contributed by atoms with E-state index in [4.69, 9.17) is 5.73 Å². The van der Waals surface area contributed by atoms with Crippen LogP contribution in [0.5, 0.6) is 0 Å². The molecular weight excluding hydrogens is 245 g/mol. The summed E-state index contributed by atoms with van der Waals surface area (Å²) in [5.41, 5.74) is 9.37. The Hall–Kier alpha value is -1.48. The van der Waals surface area contributed by atoms with E-state index in [0.717, 1.165) is 16.2 Å². The molecule has 2 N–H and O–H groups in total. The highest BCUT2D eigenvalue weighted by Gasteiger charge is 2.12. The minimum Gasteiger partial charge on any atom is -0.398 e. The summed E-state index contributed by atoms with van der Waals surface area (Å²) in [4.78, 5) is 1.92. The van der Waals surface area contributed by atoms with Gasteiger partial charge in [0.05, 0.1) is 0 Å². The number of benzene rings is 2. The van der Waals surface area contributed by atoms with Gasteiger partial charge in [0.25, 0.3) is 0 Å². The lowest BCUT2D eigenvalue weighted by molar-refractivity contribution is 0.624. The highest BCUT2D eigenvalue weighted by atomic mass is 32.2. The highest BCUT2D eigenvalue weighted by molar-refractivity contribution is 7.99. The van der Waals surface area contributed by atoms with Crippen molar-refractivity contribution < 1.29 is 4.39 Å². The van der Waals surface area contributed by atoms with E-state index in [2.05, 4.69) is 18.2 Å². The standard InChI is InChI=1S/C15H14FNS/c16-12-5-7-14(17)15(9-12)18-13-6-4-10-2-1-3-11(10)8-13/h4-9H,1-3,17H2. The summed E-state index contributed by atoms with van der Waals surface area (Å²) in [6.07, 6.45) is 3.58. The number of anilines is 1. The van der Waals surface area contributed by atoms with Gasteiger partial charge in [-0.25, -0.2) is 4.39 Å². The van der Waals surface area contributed by atoms with Crippen LogP contribution in [0.4, 0.5) is 10.1 Å². The molecule has 0 saturated heterocycles. The van der Waals surface area contributed by atoms with Crippen LogP contribution in [0.25, 0.3) is 0 Å². The van der Waals surface area contributed by atoms with Crippen molar-refractivity contribution in [3.05, 3.63) is 53.3 Å². The fraction of sp³-hybridized carbons (Fsp3) is 0.200. The molecule has 0 spiro atoms. The predicted octanol–water partition coefficient (Wildman–Crippen LogP) is 4.05. The second kappa shape index (κ2) is 4.65. The van der Waals surface area contributed by atoms with E-state index in [-0.39, 0.29) is 5.82 Å². The lowest BCUT2D eigenvalue weighted by Gasteiger charge is -2.07. The predicted molar refractivity (Wildman–Crippen MR) is 73.4 cm³/mol. The summed E-state index contributed by atoms with van der Waals surface area (Å²) in [6.45, 7) is 0. The Bertz CT molecular complexity index is 595. The molecule has 2 aromatic rings. The minimum absolute atomic E-state index is 0.243. The molecule has 3 heteroatoms. The van der Waals surface area contributed by atoms with Gasteiger partial charge in [-0.05, 0) is 60.7 Å². The first-order chi connectivity index (χ1) is 8.72. The Balaban J connectivity index is 1.90. The van der Waals surface area contributed by atoms with Crippen LogP contribution in [0.1, 0.15) is 17.5 Å². The molecule has 0 bridgehead atoms. The Morgan fingerprint density at radius 1 is 1.00 bits per heavy atom. The first-order valence-corrected chi connectivity index (χ1v) is 6.89. The summed E-state index contributed by atoms with van der Waals surface area (Å²) in [6, 6.07) is 11.0. The van der Waals surface area contributed by atoms with Gasteiger partial charge in [-0.15, -0.1) is 0 Å². The van der Waals surface area contributed by atoms with Gasteiger partial charge in [-0.3, -0.25) is 0 Å². The van der Waals surface area contributed by atoms with Crippen LogP contribution < -0.4 is 5.73 Å². The van der Waals surface area contributed by atoms with Crippen LogP contribution in [0.2, 0.25) is 0 Å². The Kier molecular flexibility index (Phi) is 3.00. The van der Waals surface area contributed by atoms with Crippen molar-refractivity contribution in [2.24, 2.45) is 0 Å². The van der Waals surface area contributed by atoms with E-state index in [0.29, 0.717) is 5.69 Å². The average Bonchev–Trinajstić information content (AvgIpc) is 2.81. The lowest BCUT2D eigenvalue weighted by atomic mass is 10.1. The van der Waals surface area contributed by atoms with Gasteiger partial charge in [-0.1, -0.05) is 17.8 Å². The number of hydrogen-bond donors (Lipinski definition) is 1. The summed E-state index contributed by atoms with van der Waals surface area (Å²) in [7, 11) is 0. The smallest absolute Gasteiger partial charge is 0.124 e. The third-order valence-corrected chi connectivity index (χ3v) is 4.34. The molecule has 1 aliphatic rings. The molecule has 0 aromatic heterocycles. The number of rotatable bonds is 2. The first kappa shape index (κ1) is 11.6. The first-order valence-electron chi connectivity index (χ1n) is 6.07. The van der Waals surface area contributed by atoms with Gasteiger partial charge in [0.15, 0.2) is 0 Å². The molecule has 3 rings (SSSR count). The third-order valence-electron chi connectivity index (χ3n) is 3.27. The zero-order valence-electron chi connectivity index (χ0n) is 9.95. The quantitative estimate of drug-likeness (QED) is 0.823. The molecule has 2 aromatic carbocycles. The molecule has 0 saturated carbocycles. The molecule has 18 heavy (non-hydrogen) atoms. The molecule has 0 amide bonds. The van der Waals surface area contributed by atoms with Crippen LogP contribution >= 0.6 is 11.8 Å². The second-order valence-electron chi connectivity index (χ2n) is 4.57. The van der Waals surface area contributed by atoms with Crippen molar-refractivity contribution in [2.45, 2.75) is 29.1 Å². The molecular formula is C15H14FNS. The van der Waals surface area contributed by atoms with Crippen molar-refractivity contribution in [2.75, 3.05) is 5.73 Å². The summed E-state index contributed by atoms with van der Waals surface area (Å²) < 4.78 is 13.2. The molecule has 0 heterocycles. The van der Waals surface area contributed by atoms with Crippen molar-refractivity contribution in [3.63, 3.8) is 0 Å². The fourth-order valence-corrected chi connectivity index (χ4v) is 3.28. The number of halogens is 1. The monoisotopic (exact) mass is 259 g/mol. The normalized spacial score (nSPS) is 13.6. The van der Waals surface area contributed by atoms with Crippen molar-refractivity contribution in [1.82, 2.24) is 0 Å². The molecule has 0 radical (unpaired) electrons. The average molecular weight is 259 g/mol. The van der Waals surface area contributed by atoms with Crippen LogP contribution in [0.3, 0.4) is 0 Å². The number of aryl methyl sites for hydroxylation is 2. The number of hydrogen-bond acceptors (Lipinski definition) is 2. The van der Waals surface area contributed by atoms with E-state index >= 15 is 0 Å². The zero-order chi connectivity index (χ0) is 12.5. The molecule has 1 aliphatic carbocycles. The maximum absolute atomic E-state index is 13.2. The highest BCUT2D eigenvalue weighted by Crippen LogP contribution is 2.35. The maximum Gasteiger partial charge on any atom is 0.124 e. The topological polar surface area (TPSA) is 26.0 Å². The van der Waals surface area contributed by atoms with Crippen molar-refractivity contribution in [1.29, 1.82) is 0 Å². The van der Waals surface area contributed by atoms with Gasteiger partial charge in [0.2, 0.25) is 0 Å². The SMILES string of the molecule is Nc1ccc(F)cc1Sc1ccc2c(c1)CCC2. The van der Waals surface area contributed by atoms with E-state index < -0.39 is 0 Å². The Morgan fingerprint density at radius 3 is 2.72 bits per heavy atom. The van der Waals surface area contributed by atoms with Crippen molar-refractivity contribution >= 4 is 17.4 Å². The van der Waals surface area contributed by atoms with Gasteiger partial charge in [-0.2, -0.15) is 0 Å². The molecule has 0 aliphatic heterocycles. The van der Waals surface area contributed by atoms with E-state index in [1.165, 1.54) is 47.9 Å². The molecule has 0 unspecified atom stereocenters. The number of nitrogens with two attached hydrogens (primary N) is 1.